The minimum Gasteiger partial charge on any atom is -0.482 e. The average Bonchev–Trinajstić information content (AvgIpc) is 2.56. The van der Waals surface area contributed by atoms with E-state index in [1.165, 1.54) is 4.90 Å². The summed E-state index contributed by atoms with van der Waals surface area (Å²) in [4.78, 5) is 37.4. The fourth-order valence-corrected chi connectivity index (χ4v) is 2.36. The van der Waals surface area contributed by atoms with Gasteiger partial charge in [0.25, 0.3) is 5.91 Å². The molecule has 0 saturated carbocycles. The number of hydrogen-bond acceptors (Lipinski definition) is 4. The minimum absolute atomic E-state index is 0.0156. The number of nitrogens with one attached hydrogen (secondary N) is 1. The normalized spacial score (nSPS) is 13.3. The first-order valence-electron chi connectivity index (χ1n) is 7.94. The molecule has 124 valence electrons. The second-order valence-corrected chi connectivity index (χ2v) is 5.43. The van der Waals surface area contributed by atoms with E-state index in [4.69, 9.17) is 4.74 Å². The summed E-state index contributed by atoms with van der Waals surface area (Å²) in [6.07, 6.45) is 2.27. The molecule has 0 fully saturated rings. The number of amides is 2. The molecule has 0 spiro atoms. The zero-order valence-electron chi connectivity index (χ0n) is 13.6. The first kappa shape index (κ1) is 17.0. The van der Waals surface area contributed by atoms with Crippen molar-refractivity contribution in [2.75, 3.05) is 24.6 Å². The zero-order valence-corrected chi connectivity index (χ0v) is 13.6. The van der Waals surface area contributed by atoms with Crippen molar-refractivity contribution >= 4 is 23.3 Å². The molecule has 0 atom stereocenters. The number of Topliss-reactive ketones (excluding diaryl/α,β-unsaturated/α-hetero) is 1. The maximum Gasteiger partial charge on any atom is 0.265 e. The predicted octanol–water partition coefficient (Wildman–Crippen LogP) is 1.92. The average molecular weight is 318 g/mol. The van der Waals surface area contributed by atoms with Crippen LogP contribution in [0.3, 0.4) is 0 Å². The Balaban J connectivity index is 2.19. The van der Waals surface area contributed by atoms with Crippen LogP contribution in [-0.4, -0.2) is 37.3 Å². The monoisotopic (exact) mass is 318 g/mol. The molecule has 0 bridgehead atoms. The molecule has 0 aliphatic carbocycles. The van der Waals surface area contributed by atoms with Crippen molar-refractivity contribution in [3.05, 3.63) is 23.8 Å². The third-order valence-electron chi connectivity index (χ3n) is 3.70. The first-order chi connectivity index (χ1) is 11.1. The summed E-state index contributed by atoms with van der Waals surface area (Å²) in [5.41, 5.74) is 0.993. The number of ether oxygens (including phenoxy) is 1. The summed E-state index contributed by atoms with van der Waals surface area (Å²) in [5.74, 6) is -0.00658. The van der Waals surface area contributed by atoms with E-state index < -0.39 is 0 Å². The Bertz CT molecular complexity index is 613. The Labute approximate surface area is 135 Å². The van der Waals surface area contributed by atoms with Crippen molar-refractivity contribution in [1.82, 2.24) is 5.32 Å². The summed E-state index contributed by atoms with van der Waals surface area (Å²) in [5, 5.41) is 2.79. The summed E-state index contributed by atoms with van der Waals surface area (Å²) in [6, 6.07) is 4.98. The molecule has 1 aliphatic heterocycles. The highest BCUT2D eigenvalue weighted by Crippen LogP contribution is 2.33. The third kappa shape index (κ3) is 4.09. The highest BCUT2D eigenvalue weighted by atomic mass is 16.5. The van der Waals surface area contributed by atoms with Crippen molar-refractivity contribution < 1.29 is 19.1 Å². The molecule has 6 heteroatoms. The van der Waals surface area contributed by atoms with Crippen molar-refractivity contribution in [1.29, 1.82) is 0 Å². The zero-order chi connectivity index (χ0) is 16.8. The SMILES string of the molecule is CCCCNC(=O)CN1C(=O)COc2ccc(C(=O)CC)cc21. The number of carbonyl (C=O) groups is 3. The van der Waals surface area contributed by atoms with Gasteiger partial charge in [0.1, 0.15) is 12.3 Å². The number of benzene rings is 1. The Morgan fingerprint density at radius 1 is 1.30 bits per heavy atom. The van der Waals surface area contributed by atoms with E-state index in [9.17, 15) is 14.4 Å². The Morgan fingerprint density at radius 3 is 2.78 bits per heavy atom. The number of rotatable bonds is 7. The van der Waals surface area contributed by atoms with E-state index in [1.54, 1.807) is 25.1 Å². The molecule has 2 amide bonds. The van der Waals surface area contributed by atoms with Gasteiger partial charge in [0.05, 0.1) is 5.69 Å². The lowest BCUT2D eigenvalue weighted by Gasteiger charge is -2.29. The summed E-state index contributed by atoms with van der Waals surface area (Å²) in [6.45, 7) is 4.25. The molecule has 6 nitrogen and oxygen atoms in total. The molecule has 2 rings (SSSR count). The molecule has 23 heavy (non-hydrogen) atoms. The van der Waals surface area contributed by atoms with Gasteiger partial charge in [-0.15, -0.1) is 0 Å². The lowest BCUT2D eigenvalue weighted by atomic mass is 10.1. The van der Waals surface area contributed by atoms with Crippen LogP contribution >= 0.6 is 0 Å². The van der Waals surface area contributed by atoms with Crippen molar-refractivity contribution in [3.8, 4) is 5.75 Å². The molecule has 0 radical (unpaired) electrons. The molecule has 0 unspecified atom stereocenters. The van der Waals surface area contributed by atoms with E-state index in [0.29, 0.717) is 30.0 Å². The highest BCUT2D eigenvalue weighted by molar-refractivity contribution is 6.04. The van der Waals surface area contributed by atoms with Crippen molar-refractivity contribution in [2.45, 2.75) is 33.1 Å². The number of fused-ring (bicyclic) bond motifs is 1. The van der Waals surface area contributed by atoms with E-state index in [0.717, 1.165) is 12.8 Å². The number of unbranched alkanes of at least 4 members (excludes halogenated alkanes) is 1. The van der Waals surface area contributed by atoms with Gasteiger partial charge in [-0.25, -0.2) is 0 Å². The number of nitrogens with zero attached hydrogens (tertiary/aromatic N) is 1. The van der Waals surface area contributed by atoms with Crippen LogP contribution in [0.15, 0.2) is 18.2 Å². The van der Waals surface area contributed by atoms with Gasteiger partial charge < -0.3 is 10.1 Å². The molecule has 1 heterocycles. The van der Waals surface area contributed by atoms with Crippen LogP contribution in [0.2, 0.25) is 0 Å². The van der Waals surface area contributed by atoms with E-state index in [-0.39, 0.29) is 30.7 Å². The van der Waals surface area contributed by atoms with Crippen molar-refractivity contribution in [2.24, 2.45) is 0 Å². The quantitative estimate of drug-likeness (QED) is 0.615. The van der Waals surface area contributed by atoms with Crippen LogP contribution < -0.4 is 15.0 Å². The van der Waals surface area contributed by atoms with Crippen LogP contribution in [0.5, 0.6) is 5.75 Å². The molecule has 1 aliphatic rings. The highest BCUT2D eigenvalue weighted by Gasteiger charge is 2.28. The van der Waals surface area contributed by atoms with Gasteiger partial charge in [-0.2, -0.15) is 0 Å². The van der Waals surface area contributed by atoms with Gasteiger partial charge in [0, 0.05) is 18.5 Å². The van der Waals surface area contributed by atoms with Crippen LogP contribution in [0, 0.1) is 0 Å². The molecule has 0 saturated heterocycles. The van der Waals surface area contributed by atoms with Crippen molar-refractivity contribution in [3.63, 3.8) is 0 Å². The van der Waals surface area contributed by atoms with Gasteiger partial charge in [-0.05, 0) is 24.6 Å². The fourth-order valence-electron chi connectivity index (χ4n) is 2.36. The van der Waals surface area contributed by atoms with Crippen LogP contribution in [0.25, 0.3) is 0 Å². The molecule has 1 aromatic rings. The topological polar surface area (TPSA) is 75.7 Å². The Kier molecular flexibility index (Phi) is 5.73. The van der Waals surface area contributed by atoms with Gasteiger partial charge in [0.2, 0.25) is 5.91 Å². The van der Waals surface area contributed by atoms with E-state index in [2.05, 4.69) is 5.32 Å². The summed E-state index contributed by atoms with van der Waals surface area (Å²) in [7, 11) is 0. The number of anilines is 1. The lowest BCUT2D eigenvalue weighted by molar-refractivity contribution is -0.125. The van der Waals surface area contributed by atoms with Gasteiger partial charge >= 0.3 is 0 Å². The molecule has 1 N–H and O–H groups in total. The Morgan fingerprint density at radius 2 is 2.09 bits per heavy atom. The third-order valence-corrected chi connectivity index (χ3v) is 3.70. The molecular weight excluding hydrogens is 296 g/mol. The number of carbonyl (C=O) groups excluding carboxylic acids is 3. The Hall–Kier alpha value is -2.37. The van der Waals surface area contributed by atoms with Gasteiger partial charge in [0.15, 0.2) is 12.4 Å². The second kappa shape index (κ2) is 7.76. The number of hydrogen-bond donors (Lipinski definition) is 1. The smallest absolute Gasteiger partial charge is 0.265 e. The predicted molar refractivity (Wildman–Crippen MR) is 86.8 cm³/mol. The molecule has 1 aromatic carbocycles. The van der Waals surface area contributed by atoms with Crippen LogP contribution in [0.1, 0.15) is 43.5 Å². The maximum absolute atomic E-state index is 12.1. The van der Waals surface area contributed by atoms with Gasteiger partial charge in [-0.1, -0.05) is 20.3 Å². The summed E-state index contributed by atoms with van der Waals surface area (Å²) < 4.78 is 5.38. The maximum atomic E-state index is 12.1. The number of ketones is 1. The van der Waals surface area contributed by atoms with E-state index in [1.807, 2.05) is 6.92 Å². The van der Waals surface area contributed by atoms with E-state index >= 15 is 0 Å². The minimum atomic E-state index is -0.288. The van der Waals surface area contributed by atoms with Crippen LogP contribution in [0.4, 0.5) is 5.69 Å². The first-order valence-corrected chi connectivity index (χ1v) is 7.94. The van der Waals surface area contributed by atoms with Crippen LogP contribution in [-0.2, 0) is 9.59 Å². The standard InChI is InChI=1S/C17H22N2O4/c1-3-5-8-18-16(21)10-19-13-9-12(14(20)4-2)6-7-15(13)23-11-17(19)22/h6-7,9H,3-5,8,10-11H2,1-2H3,(H,18,21). The molecule has 0 aromatic heterocycles. The second-order valence-electron chi connectivity index (χ2n) is 5.43. The summed E-state index contributed by atoms with van der Waals surface area (Å²) >= 11 is 0. The fraction of sp³-hybridized carbons (Fsp3) is 0.471. The largest absolute Gasteiger partial charge is 0.482 e. The van der Waals surface area contributed by atoms with Gasteiger partial charge in [-0.3, -0.25) is 19.3 Å². The lowest BCUT2D eigenvalue weighted by Crippen LogP contribution is -2.45. The molecular formula is C17H22N2O4.